The number of carbonyl (C=O) groups is 1. The number of nitrogens with one attached hydrogen (secondary N) is 1. The van der Waals surface area contributed by atoms with Gasteiger partial charge in [0.2, 0.25) is 5.91 Å². The Morgan fingerprint density at radius 3 is 2.86 bits per heavy atom. The Morgan fingerprint density at radius 2 is 2.19 bits per heavy atom. The van der Waals surface area contributed by atoms with Crippen LogP contribution in [0.3, 0.4) is 0 Å². The lowest BCUT2D eigenvalue weighted by Gasteiger charge is -2.34. The largest absolute Gasteiger partial charge is 0.370 e. The number of piperidine rings is 1. The third kappa shape index (κ3) is 3.09. The number of aromatic nitrogens is 2. The van der Waals surface area contributed by atoms with Gasteiger partial charge in [-0.2, -0.15) is 0 Å². The first-order valence-corrected chi connectivity index (χ1v) is 7.88. The Morgan fingerprint density at radius 1 is 1.38 bits per heavy atom. The summed E-state index contributed by atoms with van der Waals surface area (Å²) in [6.45, 7) is 3.70. The maximum atomic E-state index is 11.7. The first-order chi connectivity index (χ1) is 10.2. The summed E-state index contributed by atoms with van der Waals surface area (Å²) in [7, 11) is 0. The molecule has 6 nitrogen and oxygen atoms in total. The maximum absolute atomic E-state index is 11.7. The molecule has 1 amide bonds. The van der Waals surface area contributed by atoms with Gasteiger partial charge >= 0.3 is 0 Å². The van der Waals surface area contributed by atoms with E-state index in [0.29, 0.717) is 5.92 Å². The molecule has 0 radical (unpaired) electrons. The van der Waals surface area contributed by atoms with Crippen molar-refractivity contribution in [2.75, 3.05) is 23.3 Å². The molecule has 1 aromatic rings. The fourth-order valence-corrected chi connectivity index (χ4v) is 2.90. The predicted octanol–water partition coefficient (Wildman–Crippen LogP) is 1.63. The molecule has 1 saturated heterocycles. The van der Waals surface area contributed by atoms with E-state index in [2.05, 4.69) is 15.2 Å². The second-order valence-corrected chi connectivity index (χ2v) is 5.88. The van der Waals surface area contributed by atoms with Gasteiger partial charge in [0.15, 0.2) is 0 Å². The molecule has 2 heterocycles. The number of anilines is 2. The van der Waals surface area contributed by atoms with Crippen molar-refractivity contribution < 1.29 is 4.79 Å². The summed E-state index contributed by atoms with van der Waals surface area (Å²) < 4.78 is 0. The molecule has 3 N–H and O–H groups in total. The van der Waals surface area contributed by atoms with Crippen molar-refractivity contribution in [3.63, 3.8) is 0 Å². The molecule has 1 unspecified atom stereocenters. The number of primary amides is 1. The zero-order valence-corrected chi connectivity index (χ0v) is 12.5. The third-order valence-electron chi connectivity index (χ3n) is 4.16. The van der Waals surface area contributed by atoms with Gasteiger partial charge in [0, 0.05) is 25.1 Å². The van der Waals surface area contributed by atoms with Crippen molar-refractivity contribution >= 4 is 17.5 Å². The van der Waals surface area contributed by atoms with Crippen LogP contribution in [-0.2, 0) is 4.79 Å². The molecule has 3 rings (SSSR count). The Hall–Kier alpha value is -1.85. The van der Waals surface area contributed by atoms with Crippen LogP contribution >= 0.6 is 0 Å². The van der Waals surface area contributed by atoms with Gasteiger partial charge in [-0.3, -0.25) is 4.79 Å². The smallest absolute Gasteiger partial charge is 0.240 e. The lowest BCUT2D eigenvalue weighted by molar-refractivity contribution is -0.119. The molecule has 1 atom stereocenters. The van der Waals surface area contributed by atoms with Crippen LogP contribution in [-0.4, -0.2) is 35.0 Å². The maximum Gasteiger partial charge on any atom is 0.240 e. The Kier molecular flexibility index (Phi) is 3.94. The highest BCUT2D eigenvalue weighted by Crippen LogP contribution is 2.39. The highest BCUT2D eigenvalue weighted by Gasteiger charge is 2.31. The number of nitrogens with two attached hydrogens (primary N) is 1. The predicted molar refractivity (Wildman–Crippen MR) is 82.4 cm³/mol. The summed E-state index contributed by atoms with van der Waals surface area (Å²) in [5.74, 6) is 2.81. The molecule has 1 saturated carbocycles. The number of amides is 1. The van der Waals surface area contributed by atoms with E-state index in [4.69, 9.17) is 10.7 Å². The van der Waals surface area contributed by atoms with Crippen molar-refractivity contribution in [1.29, 1.82) is 0 Å². The molecule has 6 heteroatoms. The summed E-state index contributed by atoms with van der Waals surface area (Å²) >= 11 is 0. The van der Waals surface area contributed by atoms with Gasteiger partial charge in [-0.15, -0.1) is 0 Å². The van der Waals surface area contributed by atoms with Gasteiger partial charge in [0.1, 0.15) is 23.5 Å². The van der Waals surface area contributed by atoms with Gasteiger partial charge in [-0.25, -0.2) is 9.97 Å². The molecule has 0 aromatic carbocycles. The normalized spacial score (nSPS) is 22.1. The number of rotatable bonds is 5. The summed E-state index contributed by atoms with van der Waals surface area (Å²) in [4.78, 5) is 23.0. The molecule has 0 spiro atoms. The van der Waals surface area contributed by atoms with Crippen molar-refractivity contribution in [3.05, 3.63) is 11.9 Å². The number of nitrogens with zero attached hydrogens (tertiary/aromatic N) is 3. The Labute approximate surface area is 125 Å². The van der Waals surface area contributed by atoms with E-state index in [-0.39, 0.29) is 11.9 Å². The average molecular weight is 289 g/mol. The van der Waals surface area contributed by atoms with Crippen molar-refractivity contribution in [1.82, 2.24) is 9.97 Å². The van der Waals surface area contributed by atoms with Gasteiger partial charge < -0.3 is 16.0 Å². The van der Waals surface area contributed by atoms with Crippen LogP contribution in [0.25, 0.3) is 0 Å². The lowest BCUT2D eigenvalue weighted by Crippen LogP contribution is -2.48. The molecular weight excluding hydrogens is 266 g/mol. The number of hydrogen-bond donors (Lipinski definition) is 2. The zero-order valence-electron chi connectivity index (χ0n) is 12.5. The van der Waals surface area contributed by atoms with Crippen LogP contribution < -0.4 is 16.0 Å². The minimum absolute atomic E-state index is 0.241. The molecule has 114 valence electrons. The molecule has 2 aliphatic rings. The summed E-state index contributed by atoms with van der Waals surface area (Å²) in [6, 6.07) is 1.70. The van der Waals surface area contributed by atoms with Gasteiger partial charge in [0.05, 0.1) is 0 Å². The van der Waals surface area contributed by atoms with Crippen LogP contribution in [0.15, 0.2) is 6.07 Å². The molecular formula is C15H23N5O. The highest BCUT2D eigenvalue weighted by atomic mass is 16.1. The lowest BCUT2D eigenvalue weighted by atomic mass is 10.0. The SMILES string of the molecule is CCNc1cc(N2CCCCC2C(N)=O)nc(C2CC2)n1. The third-order valence-corrected chi connectivity index (χ3v) is 4.16. The van der Waals surface area contributed by atoms with Gasteiger partial charge in [-0.1, -0.05) is 0 Å². The second kappa shape index (κ2) is 5.87. The molecule has 1 aromatic heterocycles. The van der Waals surface area contributed by atoms with E-state index in [9.17, 15) is 4.79 Å². The zero-order chi connectivity index (χ0) is 14.8. The minimum atomic E-state index is -0.258. The number of hydrogen-bond acceptors (Lipinski definition) is 5. The Balaban J connectivity index is 1.93. The van der Waals surface area contributed by atoms with Crippen LogP contribution in [0.2, 0.25) is 0 Å². The van der Waals surface area contributed by atoms with E-state index in [0.717, 1.165) is 62.7 Å². The summed E-state index contributed by atoms with van der Waals surface area (Å²) in [6.07, 6.45) is 5.25. The molecule has 2 fully saturated rings. The first kappa shape index (κ1) is 14.1. The van der Waals surface area contributed by atoms with E-state index >= 15 is 0 Å². The van der Waals surface area contributed by atoms with Crippen molar-refractivity contribution in [2.45, 2.75) is 51.0 Å². The van der Waals surface area contributed by atoms with E-state index < -0.39 is 0 Å². The fourth-order valence-electron chi connectivity index (χ4n) is 2.90. The molecule has 21 heavy (non-hydrogen) atoms. The molecule has 0 bridgehead atoms. The fraction of sp³-hybridized carbons (Fsp3) is 0.667. The average Bonchev–Trinajstić information content (AvgIpc) is 3.32. The first-order valence-electron chi connectivity index (χ1n) is 7.88. The van der Waals surface area contributed by atoms with Gasteiger partial charge in [0.25, 0.3) is 0 Å². The van der Waals surface area contributed by atoms with Crippen LogP contribution in [0.1, 0.15) is 50.8 Å². The topological polar surface area (TPSA) is 84.1 Å². The standard InChI is InChI=1S/C15H23N5O/c1-2-17-12-9-13(19-15(18-12)10-6-7-10)20-8-4-3-5-11(20)14(16)21/h9-11H,2-8H2,1H3,(H2,16,21)(H,17,18,19). The quantitative estimate of drug-likeness (QED) is 0.860. The monoisotopic (exact) mass is 289 g/mol. The van der Waals surface area contributed by atoms with E-state index in [1.807, 2.05) is 13.0 Å². The summed E-state index contributed by atoms with van der Waals surface area (Å²) in [5, 5.41) is 3.26. The van der Waals surface area contributed by atoms with E-state index in [1.54, 1.807) is 0 Å². The van der Waals surface area contributed by atoms with Crippen LogP contribution in [0, 0.1) is 0 Å². The van der Waals surface area contributed by atoms with Crippen LogP contribution in [0.4, 0.5) is 11.6 Å². The molecule has 1 aliphatic heterocycles. The van der Waals surface area contributed by atoms with E-state index in [1.165, 1.54) is 0 Å². The van der Waals surface area contributed by atoms with Crippen molar-refractivity contribution in [3.8, 4) is 0 Å². The minimum Gasteiger partial charge on any atom is -0.370 e. The second-order valence-electron chi connectivity index (χ2n) is 5.88. The highest BCUT2D eigenvalue weighted by molar-refractivity contribution is 5.83. The van der Waals surface area contributed by atoms with Gasteiger partial charge in [-0.05, 0) is 39.0 Å². The number of carbonyl (C=O) groups excluding carboxylic acids is 1. The summed E-state index contributed by atoms with van der Waals surface area (Å²) in [5.41, 5.74) is 5.56. The van der Waals surface area contributed by atoms with Crippen LogP contribution in [0.5, 0.6) is 0 Å². The molecule has 1 aliphatic carbocycles. The van der Waals surface area contributed by atoms with Crippen molar-refractivity contribution in [2.24, 2.45) is 5.73 Å². The Bertz CT molecular complexity index is 529.